The zero-order valence-corrected chi connectivity index (χ0v) is 12.6. The predicted molar refractivity (Wildman–Crippen MR) is 74.1 cm³/mol. The van der Waals surface area contributed by atoms with E-state index in [1.54, 1.807) is 14.1 Å². The van der Waals surface area contributed by atoms with Gasteiger partial charge in [0.2, 0.25) is 10.0 Å². The van der Waals surface area contributed by atoms with Crippen LogP contribution in [0.4, 0.5) is 0 Å². The lowest BCUT2D eigenvalue weighted by Gasteiger charge is -2.11. The van der Waals surface area contributed by atoms with Crippen molar-refractivity contribution in [2.75, 3.05) is 26.4 Å². The second kappa shape index (κ2) is 5.86. The van der Waals surface area contributed by atoms with Gasteiger partial charge < -0.3 is 9.88 Å². The molecule has 0 fully saturated rings. The van der Waals surface area contributed by atoms with E-state index >= 15 is 0 Å². The van der Waals surface area contributed by atoms with Gasteiger partial charge in [0.05, 0.1) is 5.75 Å². The van der Waals surface area contributed by atoms with Gasteiger partial charge in [-0.15, -0.1) is 0 Å². The molecule has 0 amide bonds. The summed E-state index contributed by atoms with van der Waals surface area (Å²) in [5, 5.41) is 3.17. The topological polar surface area (TPSA) is 54.3 Å². The molecule has 0 saturated carbocycles. The number of nitrogens with zero attached hydrogens (tertiary/aromatic N) is 2. The van der Waals surface area contributed by atoms with E-state index in [1.807, 2.05) is 7.05 Å². The van der Waals surface area contributed by atoms with Crippen molar-refractivity contribution in [2.45, 2.75) is 20.4 Å². The second-order valence-corrected chi connectivity index (χ2v) is 7.03. The first kappa shape index (κ1) is 15.2. The number of sulfonamides is 1. The average Bonchev–Trinajstić information content (AvgIpc) is 2.52. The highest BCUT2D eigenvalue weighted by atomic mass is 32.2. The van der Waals surface area contributed by atoms with Crippen LogP contribution in [0.3, 0.4) is 0 Å². The summed E-state index contributed by atoms with van der Waals surface area (Å²) in [7, 11) is 2.04. The van der Waals surface area contributed by atoms with Gasteiger partial charge in [-0.25, -0.2) is 12.7 Å². The van der Waals surface area contributed by atoms with Crippen molar-refractivity contribution < 1.29 is 8.42 Å². The van der Waals surface area contributed by atoms with Crippen LogP contribution in [-0.4, -0.2) is 43.7 Å². The fraction of sp³-hybridized carbons (Fsp3) is 0.667. The van der Waals surface area contributed by atoms with Crippen LogP contribution < -0.4 is 5.32 Å². The van der Waals surface area contributed by atoms with Crippen LogP contribution in [0.25, 0.3) is 0 Å². The normalized spacial score (nSPS) is 12.3. The van der Waals surface area contributed by atoms with Gasteiger partial charge in [-0.3, -0.25) is 0 Å². The Labute approximate surface area is 110 Å². The standard InChI is InChI=1S/C12H23N3O2S/c1-10-8-12(11(2)15(10)5)9-13-6-7-18(16,17)14(3)4/h8,13H,6-7,9H2,1-5H3. The zero-order valence-electron chi connectivity index (χ0n) is 11.8. The highest BCUT2D eigenvalue weighted by Gasteiger charge is 2.12. The van der Waals surface area contributed by atoms with E-state index < -0.39 is 10.0 Å². The number of hydrogen-bond acceptors (Lipinski definition) is 3. The van der Waals surface area contributed by atoms with E-state index in [0.717, 1.165) is 0 Å². The fourth-order valence-electron chi connectivity index (χ4n) is 1.72. The van der Waals surface area contributed by atoms with E-state index in [2.05, 4.69) is 29.8 Å². The van der Waals surface area contributed by atoms with E-state index in [1.165, 1.54) is 21.3 Å². The maximum Gasteiger partial charge on any atom is 0.214 e. The van der Waals surface area contributed by atoms with Crippen molar-refractivity contribution in [1.82, 2.24) is 14.2 Å². The fourth-order valence-corrected chi connectivity index (χ4v) is 2.49. The average molecular weight is 273 g/mol. The molecule has 0 atom stereocenters. The SMILES string of the molecule is Cc1cc(CNCCS(=O)(=O)N(C)C)c(C)n1C. The number of nitrogens with one attached hydrogen (secondary N) is 1. The van der Waals surface area contributed by atoms with Gasteiger partial charge in [0, 0.05) is 45.6 Å². The Morgan fingerprint density at radius 1 is 1.33 bits per heavy atom. The summed E-state index contributed by atoms with van der Waals surface area (Å²) in [6, 6.07) is 2.13. The quantitative estimate of drug-likeness (QED) is 0.773. The molecule has 1 heterocycles. The summed E-state index contributed by atoms with van der Waals surface area (Å²) in [4.78, 5) is 0. The summed E-state index contributed by atoms with van der Waals surface area (Å²) >= 11 is 0. The molecule has 18 heavy (non-hydrogen) atoms. The molecule has 1 aromatic rings. The van der Waals surface area contributed by atoms with Crippen LogP contribution >= 0.6 is 0 Å². The first-order valence-corrected chi connectivity index (χ1v) is 7.59. The van der Waals surface area contributed by atoms with Crippen LogP contribution in [0.1, 0.15) is 17.0 Å². The van der Waals surface area contributed by atoms with Crippen molar-refractivity contribution >= 4 is 10.0 Å². The summed E-state index contributed by atoms with van der Waals surface area (Å²) in [5.74, 6) is 0.130. The predicted octanol–water partition coefficient (Wildman–Crippen LogP) is 0.623. The number of aromatic nitrogens is 1. The van der Waals surface area contributed by atoms with E-state index in [9.17, 15) is 8.42 Å². The monoisotopic (exact) mass is 273 g/mol. The van der Waals surface area contributed by atoms with Crippen molar-refractivity contribution in [3.63, 3.8) is 0 Å². The van der Waals surface area contributed by atoms with Gasteiger partial charge >= 0.3 is 0 Å². The minimum absolute atomic E-state index is 0.130. The molecular weight excluding hydrogens is 250 g/mol. The number of hydrogen-bond donors (Lipinski definition) is 1. The summed E-state index contributed by atoms with van der Waals surface area (Å²) in [6.45, 7) is 5.30. The Morgan fingerprint density at radius 2 is 1.94 bits per heavy atom. The molecule has 1 N–H and O–H groups in total. The Bertz CT molecular complexity index is 504. The molecule has 104 valence electrons. The van der Waals surface area contributed by atoms with Crippen LogP contribution in [0.5, 0.6) is 0 Å². The first-order chi connectivity index (χ1) is 8.25. The highest BCUT2D eigenvalue weighted by molar-refractivity contribution is 7.89. The Balaban J connectivity index is 2.46. The Kier molecular flexibility index (Phi) is 4.95. The molecule has 0 spiro atoms. The van der Waals surface area contributed by atoms with Crippen LogP contribution in [0.2, 0.25) is 0 Å². The van der Waals surface area contributed by atoms with Crippen LogP contribution in [0, 0.1) is 13.8 Å². The lowest BCUT2D eigenvalue weighted by Crippen LogP contribution is -2.31. The van der Waals surface area contributed by atoms with Gasteiger partial charge in [0.15, 0.2) is 0 Å². The molecule has 0 saturated heterocycles. The number of rotatable bonds is 6. The molecule has 6 heteroatoms. The lowest BCUT2D eigenvalue weighted by atomic mass is 10.2. The van der Waals surface area contributed by atoms with Gasteiger partial charge in [-0.05, 0) is 25.5 Å². The molecule has 1 rings (SSSR count). The lowest BCUT2D eigenvalue weighted by molar-refractivity contribution is 0.517. The van der Waals surface area contributed by atoms with Gasteiger partial charge in [0.1, 0.15) is 0 Å². The van der Waals surface area contributed by atoms with Crippen molar-refractivity contribution in [1.29, 1.82) is 0 Å². The van der Waals surface area contributed by atoms with Crippen molar-refractivity contribution in [3.8, 4) is 0 Å². The van der Waals surface area contributed by atoms with Gasteiger partial charge in [-0.2, -0.15) is 0 Å². The second-order valence-electron chi connectivity index (χ2n) is 4.73. The highest BCUT2D eigenvalue weighted by Crippen LogP contribution is 2.12. The molecule has 5 nitrogen and oxygen atoms in total. The molecule has 0 aliphatic heterocycles. The Morgan fingerprint density at radius 3 is 2.39 bits per heavy atom. The maximum absolute atomic E-state index is 11.5. The summed E-state index contributed by atoms with van der Waals surface area (Å²) in [5.41, 5.74) is 3.65. The largest absolute Gasteiger partial charge is 0.352 e. The van der Waals surface area contributed by atoms with Crippen molar-refractivity contribution in [3.05, 3.63) is 23.0 Å². The molecule has 0 unspecified atom stereocenters. The Hall–Kier alpha value is -0.850. The van der Waals surface area contributed by atoms with Crippen molar-refractivity contribution in [2.24, 2.45) is 7.05 Å². The maximum atomic E-state index is 11.5. The van der Waals surface area contributed by atoms with Crippen LogP contribution in [-0.2, 0) is 23.6 Å². The molecule has 1 aromatic heterocycles. The third-order valence-electron chi connectivity index (χ3n) is 3.29. The summed E-state index contributed by atoms with van der Waals surface area (Å²) < 4.78 is 26.5. The molecule has 0 bridgehead atoms. The molecule has 0 radical (unpaired) electrons. The summed E-state index contributed by atoms with van der Waals surface area (Å²) in [6.07, 6.45) is 0. The van der Waals surface area contributed by atoms with E-state index in [4.69, 9.17) is 0 Å². The molecule has 0 aliphatic carbocycles. The smallest absolute Gasteiger partial charge is 0.214 e. The molecule has 0 aliphatic rings. The van der Waals surface area contributed by atoms with Crippen LogP contribution in [0.15, 0.2) is 6.07 Å². The van der Waals surface area contributed by atoms with E-state index in [-0.39, 0.29) is 5.75 Å². The third kappa shape index (κ3) is 3.57. The first-order valence-electron chi connectivity index (χ1n) is 5.98. The minimum atomic E-state index is -3.10. The van der Waals surface area contributed by atoms with Gasteiger partial charge in [-0.1, -0.05) is 0 Å². The zero-order chi connectivity index (χ0) is 13.9. The minimum Gasteiger partial charge on any atom is -0.352 e. The van der Waals surface area contributed by atoms with E-state index in [0.29, 0.717) is 13.1 Å². The molecular formula is C12H23N3O2S. The number of aryl methyl sites for hydroxylation is 1. The third-order valence-corrected chi connectivity index (χ3v) is 5.12. The van der Waals surface area contributed by atoms with Gasteiger partial charge in [0.25, 0.3) is 0 Å². The molecule has 0 aromatic carbocycles.